The fourth-order valence-electron chi connectivity index (χ4n) is 2.83. The smallest absolute Gasteiger partial charge is 0.259 e. The fourth-order valence-corrected chi connectivity index (χ4v) is 4.91. The molecule has 1 aliphatic carbocycles. The maximum atomic E-state index is 12.3. The third kappa shape index (κ3) is 3.99. The van der Waals surface area contributed by atoms with E-state index in [1.807, 2.05) is 0 Å². The highest BCUT2D eigenvalue weighted by Gasteiger charge is 2.20. The van der Waals surface area contributed by atoms with Gasteiger partial charge in [-0.2, -0.15) is 11.8 Å². The number of nitrogens with one attached hydrogen (secondary N) is 2. The lowest BCUT2D eigenvalue weighted by Gasteiger charge is -2.04. The Labute approximate surface area is 148 Å². The minimum absolute atomic E-state index is 0.0196. The van der Waals surface area contributed by atoms with Crippen molar-refractivity contribution in [2.75, 3.05) is 26.0 Å². The Hall–Kier alpha value is -1.38. The van der Waals surface area contributed by atoms with Crippen LogP contribution in [0.3, 0.4) is 0 Å². The number of amides is 1. The van der Waals surface area contributed by atoms with Gasteiger partial charge in [0, 0.05) is 30.7 Å². The lowest BCUT2D eigenvalue weighted by Crippen LogP contribution is -2.27. The molecule has 130 valence electrons. The van der Waals surface area contributed by atoms with Crippen molar-refractivity contribution in [1.29, 1.82) is 0 Å². The summed E-state index contributed by atoms with van der Waals surface area (Å²) in [5, 5.41) is 3.58. The lowest BCUT2D eigenvalue weighted by atomic mass is 10.2. The van der Waals surface area contributed by atoms with Gasteiger partial charge in [-0.05, 0) is 24.8 Å². The number of H-pyrrole nitrogens is 1. The van der Waals surface area contributed by atoms with Crippen LogP contribution in [0.15, 0.2) is 4.79 Å². The molecule has 0 saturated carbocycles. The molecule has 1 amide bonds. The molecule has 0 radical (unpaired) electrons. The standard InChI is InChI=1S/C16H21N3O3S2/c1-22-7-6-17-13(20)5-8-23-9-12-18-15(21)14-10-3-2-4-11(10)24-16(14)19-12/h2-9H2,1H3,(H,17,20)(H,18,19,21). The molecule has 2 aromatic rings. The molecule has 3 rings (SSSR count). The van der Waals surface area contributed by atoms with Gasteiger partial charge in [0.2, 0.25) is 5.91 Å². The first kappa shape index (κ1) is 17.4. The normalized spacial score (nSPS) is 13.4. The van der Waals surface area contributed by atoms with Crippen LogP contribution in [0.4, 0.5) is 0 Å². The number of thiophene rings is 1. The molecule has 0 atom stereocenters. The SMILES string of the molecule is COCCNC(=O)CCSCc1nc2sc3c(c2c(=O)[nH]1)CCC3. The van der Waals surface area contributed by atoms with Crippen LogP contribution in [0.25, 0.3) is 10.2 Å². The van der Waals surface area contributed by atoms with E-state index in [1.165, 1.54) is 10.4 Å². The summed E-state index contributed by atoms with van der Waals surface area (Å²) in [5.74, 6) is 2.02. The van der Waals surface area contributed by atoms with E-state index in [2.05, 4.69) is 15.3 Å². The molecule has 0 aromatic carbocycles. The Kier molecular flexibility index (Phi) is 5.91. The van der Waals surface area contributed by atoms with Crippen molar-refractivity contribution >= 4 is 39.2 Å². The van der Waals surface area contributed by atoms with Gasteiger partial charge in [0.15, 0.2) is 0 Å². The Morgan fingerprint density at radius 3 is 3.17 bits per heavy atom. The van der Waals surface area contributed by atoms with Gasteiger partial charge in [0.1, 0.15) is 10.7 Å². The molecule has 6 nitrogen and oxygen atoms in total. The van der Waals surface area contributed by atoms with E-state index in [0.29, 0.717) is 36.9 Å². The number of methoxy groups -OCH3 is 1. The van der Waals surface area contributed by atoms with Crippen molar-refractivity contribution in [3.63, 3.8) is 0 Å². The van der Waals surface area contributed by atoms with Crippen molar-refractivity contribution in [2.45, 2.75) is 31.4 Å². The summed E-state index contributed by atoms with van der Waals surface area (Å²) in [6, 6.07) is 0. The van der Waals surface area contributed by atoms with E-state index in [4.69, 9.17) is 4.74 Å². The molecule has 2 N–H and O–H groups in total. The Morgan fingerprint density at radius 2 is 2.33 bits per heavy atom. The maximum Gasteiger partial charge on any atom is 0.259 e. The zero-order valence-electron chi connectivity index (χ0n) is 13.6. The summed E-state index contributed by atoms with van der Waals surface area (Å²) in [4.78, 5) is 33.6. The van der Waals surface area contributed by atoms with E-state index in [1.54, 1.807) is 30.2 Å². The molecule has 2 aromatic heterocycles. The lowest BCUT2D eigenvalue weighted by molar-refractivity contribution is -0.120. The highest BCUT2D eigenvalue weighted by atomic mass is 32.2. The number of hydrogen-bond donors (Lipinski definition) is 2. The van der Waals surface area contributed by atoms with Crippen molar-refractivity contribution < 1.29 is 9.53 Å². The first-order valence-electron chi connectivity index (χ1n) is 8.06. The Balaban J connectivity index is 1.53. The van der Waals surface area contributed by atoms with Crippen LogP contribution >= 0.6 is 23.1 Å². The second kappa shape index (κ2) is 8.13. The van der Waals surface area contributed by atoms with E-state index < -0.39 is 0 Å². The third-order valence-electron chi connectivity index (χ3n) is 3.96. The third-order valence-corrected chi connectivity index (χ3v) is 6.12. The molecule has 2 heterocycles. The molecule has 0 bridgehead atoms. The number of aryl methyl sites for hydroxylation is 2. The topological polar surface area (TPSA) is 84.1 Å². The number of fused-ring (bicyclic) bond motifs is 3. The Morgan fingerprint density at radius 1 is 1.46 bits per heavy atom. The monoisotopic (exact) mass is 367 g/mol. The maximum absolute atomic E-state index is 12.3. The average Bonchev–Trinajstić information content (AvgIpc) is 3.12. The van der Waals surface area contributed by atoms with E-state index >= 15 is 0 Å². The molecule has 0 spiro atoms. The molecular formula is C16H21N3O3S2. The number of ether oxygens (including phenoxy) is 1. The van der Waals surface area contributed by atoms with Gasteiger partial charge < -0.3 is 15.0 Å². The van der Waals surface area contributed by atoms with Crippen molar-refractivity contribution in [2.24, 2.45) is 0 Å². The number of carbonyl (C=O) groups is 1. The van der Waals surface area contributed by atoms with Gasteiger partial charge in [-0.1, -0.05) is 0 Å². The van der Waals surface area contributed by atoms with Crippen LogP contribution in [0, 0.1) is 0 Å². The predicted molar refractivity (Wildman–Crippen MR) is 97.9 cm³/mol. The van der Waals surface area contributed by atoms with Gasteiger partial charge >= 0.3 is 0 Å². The van der Waals surface area contributed by atoms with Crippen LogP contribution in [-0.4, -0.2) is 41.9 Å². The van der Waals surface area contributed by atoms with Crippen LogP contribution in [0.5, 0.6) is 0 Å². The first-order chi connectivity index (χ1) is 11.7. The minimum Gasteiger partial charge on any atom is -0.383 e. The van der Waals surface area contributed by atoms with Crippen molar-refractivity contribution in [3.8, 4) is 0 Å². The zero-order chi connectivity index (χ0) is 16.9. The molecule has 0 aliphatic heterocycles. The van der Waals surface area contributed by atoms with Gasteiger partial charge in [-0.15, -0.1) is 11.3 Å². The average molecular weight is 367 g/mol. The molecule has 1 aliphatic rings. The zero-order valence-corrected chi connectivity index (χ0v) is 15.3. The largest absolute Gasteiger partial charge is 0.383 e. The number of thioether (sulfide) groups is 1. The predicted octanol–water partition coefficient (Wildman–Crippen LogP) is 1.86. The second-order valence-corrected chi connectivity index (χ2v) is 7.88. The molecule has 0 unspecified atom stereocenters. The van der Waals surface area contributed by atoms with Crippen molar-refractivity contribution in [1.82, 2.24) is 15.3 Å². The number of nitrogens with zero attached hydrogens (tertiary/aromatic N) is 1. The molecule has 8 heteroatoms. The number of aromatic nitrogens is 2. The summed E-state index contributed by atoms with van der Waals surface area (Å²) >= 11 is 3.26. The van der Waals surface area contributed by atoms with Crippen LogP contribution in [0.1, 0.15) is 29.1 Å². The summed E-state index contributed by atoms with van der Waals surface area (Å²) in [6.07, 6.45) is 3.65. The summed E-state index contributed by atoms with van der Waals surface area (Å²) in [6.45, 7) is 1.06. The quantitative estimate of drug-likeness (QED) is 0.696. The number of aromatic amines is 1. The van der Waals surface area contributed by atoms with E-state index in [9.17, 15) is 9.59 Å². The summed E-state index contributed by atoms with van der Waals surface area (Å²) in [7, 11) is 1.61. The minimum atomic E-state index is -0.0210. The van der Waals surface area contributed by atoms with Gasteiger partial charge in [-0.25, -0.2) is 4.98 Å². The fraction of sp³-hybridized carbons (Fsp3) is 0.562. The van der Waals surface area contributed by atoms with Gasteiger partial charge in [-0.3, -0.25) is 9.59 Å². The first-order valence-corrected chi connectivity index (χ1v) is 10.0. The molecular weight excluding hydrogens is 346 g/mol. The summed E-state index contributed by atoms with van der Waals surface area (Å²) < 4.78 is 4.88. The number of carbonyl (C=O) groups excluding carboxylic acids is 1. The van der Waals surface area contributed by atoms with Gasteiger partial charge in [0.25, 0.3) is 5.56 Å². The highest BCUT2D eigenvalue weighted by molar-refractivity contribution is 7.98. The molecule has 0 saturated heterocycles. The highest BCUT2D eigenvalue weighted by Crippen LogP contribution is 2.34. The molecule has 24 heavy (non-hydrogen) atoms. The van der Waals surface area contributed by atoms with Crippen LogP contribution < -0.4 is 10.9 Å². The van der Waals surface area contributed by atoms with E-state index in [0.717, 1.165) is 29.5 Å². The second-order valence-electron chi connectivity index (χ2n) is 5.70. The van der Waals surface area contributed by atoms with Crippen LogP contribution in [-0.2, 0) is 28.1 Å². The van der Waals surface area contributed by atoms with E-state index in [-0.39, 0.29) is 11.5 Å². The number of rotatable bonds is 8. The molecule has 0 fully saturated rings. The summed E-state index contributed by atoms with van der Waals surface area (Å²) in [5.41, 5.74) is 1.18. The van der Waals surface area contributed by atoms with Crippen molar-refractivity contribution in [3.05, 3.63) is 26.6 Å². The number of hydrogen-bond acceptors (Lipinski definition) is 6. The van der Waals surface area contributed by atoms with Crippen LogP contribution in [0.2, 0.25) is 0 Å². The Bertz CT molecular complexity index is 785. The van der Waals surface area contributed by atoms with Gasteiger partial charge in [0.05, 0.1) is 17.7 Å².